The third kappa shape index (κ3) is 3.47. The number of hydrogen-bond acceptors (Lipinski definition) is 3. The summed E-state index contributed by atoms with van der Waals surface area (Å²) in [4.78, 5) is 0. The first-order chi connectivity index (χ1) is 8.61. The summed E-state index contributed by atoms with van der Waals surface area (Å²) in [6.45, 7) is 2.77. The lowest BCUT2D eigenvalue weighted by atomic mass is 9.83. The van der Waals surface area contributed by atoms with Crippen molar-refractivity contribution in [3.63, 3.8) is 0 Å². The molecule has 1 aliphatic heterocycles. The number of ether oxygens (including phenoxy) is 1. The Morgan fingerprint density at radius 3 is 2.72 bits per heavy atom. The van der Waals surface area contributed by atoms with Crippen LogP contribution in [-0.4, -0.2) is 28.5 Å². The fraction of sp³-hybridized carbons (Fsp3) is 0.600. The molecular weight excluding hydrogens is 228 g/mol. The molecule has 100 valence electrons. The van der Waals surface area contributed by atoms with Crippen molar-refractivity contribution >= 4 is 0 Å². The predicted octanol–water partition coefficient (Wildman–Crippen LogP) is 2.64. The minimum atomic E-state index is -0.658. The highest BCUT2D eigenvalue weighted by Gasteiger charge is 2.34. The SMILES string of the molecule is CCCC1CC(O)(Cc2ccc(O)cc2)CCO1. The van der Waals surface area contributed by atoms with E-state index in [-0.39, 0.29) is 11.9 Å². The third-order valence-corrected chi connectivity index (χ3v) is 3.61. The number of rotatable bonds is 4. The molecule has 1 aliphatic rings. The second-order valence-electron chi connectivity index (χ2n) is 5.30. The number of aliphatic hydroxyl groups is 1. The van der Waals surface area contributed by atoms with Crippen LogP contribution in [0.1, 0.15) is 38.2 Å². The predicted molar refractivity (Wildman–Crippen MR) is 70.6 cm³/mol. The summed E-state index contributed by atoms with van der Waals surface area (Å²) in [5, 5.41) is 19.9. The molecule has 3 heteroatoms. The van der Waals surface area contributed by atoms with Crippen molar-refractivity contribution in [3.8, 4) is 5.75 Å². The van der Waals surface area contributed by atoms with Crippen LogP contribution in [0.3, 0.4) is 0 Å². The first-order valence-electron chi connectivity index (χ1n) is 6.73. The molecule has 0 saturated carbocycles. The molecule has 2 N–H and O–H groups in total. The average Bonchev–Trinajstić information content (AvgIpc) is 2.32. The largest absolute Gasteiger partial charge is 0.508 e. The number of aromatic hydroxyl groups is 1. The van der Waals surface area contributed by atoms with Crippen LogP contribution in [0.15, 0.2) is 24.3 Å². The standard InChI is InChI=1S/C15H22O3/c1-2-3-14-11-15(17,8-9-18-14)10-12-4-6-13(16)7-5-12/h4-7,14,16-17H,2-3,8-11H2,1H3. The minimum Gasteiger partial charge on any atom is -0.508 e. The molecule has 1 aromatic carbocycles. The van der Waals surface area contributed by atoms with Gasteiger partial charge in [-0.15, -0.1) is 0 Å². The van der Waals surface area contributed by atoms with E-state index in [1.165, 1.54) is 0 Å². The lowest BCUT2D eigenvalue weighted by Gasteiger charge is -2.37. The van der Waals surface area contributed by atoms with Crippen LogP contribution in [0.2, 0.25) is 0 Å². The molecule has 18 heavy (non-hydrogen) atoms. The minimum absolute atomic E-state index is 0.186. The Morgan fingerprint density at radius 1 is 1.33 bits per heavy atom. The molecule has 1 aromatic rings. The van der Waals surface area contributed by atoms with Gasteiger partial charge in [-0.3, -0.25) is 0 Å². The van der Waals surface area contributed by atoms with Crippen LogP contribution < -0.4 is 0 Å². The van der Waals surface area contributed by atoms with Crippen molar-refractivity contribution in [2.24, 2.45) is 0 Å². The van der Waals surface area contributed by atoms with Crippen molar-refractivity contribution in [2.75, 3.05) is 6.61 Å². The van der Waals surface area contributed by atoms with E-state index >= 15 is 0 Å². The van der Waals surface area contributed by atoms with E-state index in [2.05, 4.69) is 6.92 Å². The fourth-order valence-corrected chi connectivity index (χ4v) is 2.66. The summed E-state index contributed by atoms with van der Waals surface area (Å²) in [6, 6.07) is 7.08. The molecule has 2 atom stereocenters. The van der Waals surface area contributed by atoms with Gasteiger partial charge in [-0.05, 0) is 30.5 Å². The molecule has 0 spiro atoms. The molecule has 0 radical (unpaired) electrons. The van der Waals surface area contributed by atoms with Gasteiger partial charge in [0.1, 0.15) is 5.75 Å². The summed E-state index contributed by atoms with van der Waals surface area (Å²) in [5.41, 5.74) is 0.405. The van der Waals surface area contributed by atoms with Gasteiger partial charge in [0, 0.05) is 19.4 Å². The van der Waals surface area contributed by atoms with Crippen LogP contribution in [0.4, 0.5) is 0 Å². The van der Waals surface area contributed by atoms with Crippen molar-refractivity contribution in [1.29, 1.82) is 0 Å². The van der Waals surface area contributed by atoms with E-state index in [0.717, 1.165) is 18.4 Å². The summed E-state index contributed by atoms with van der Waals surface area (Å²) < 4.78 is 5.67. The lowest BCUT2D eigenvalue weighted by molar-refractivity contribution is -0.104. The smallest absolute Gasteiger partial charge is 0.115 e. The zero-order valence-electron chi connectivity index (χ0n) is 10.9. The molecule has 2 rings (SSSR count). The lowest BCUT2D eigenvalue weighted by Crippen LogP contribution is -2.42. The van der Waals surface area contributed by atoms with Gasteiger partial charge in [0.15, 0.2) is 0 Å². The fourth-order valence-electron chi connectivity index (χ4n) is 2.66. The normalized spacial score (nSPS) is 28.2. The van der Waals surface area contributed by atoms with Gasteiger partial charge >= 0.3 is 0 Å². The number of benzene rings is 1. The van der Waals surface area contributed by atoms with Gasteiger partial charge < -0.3 is 14.9 Å². The maximum absolute atomic E-state index is 10.6. The Hall–Kier alpha value is -1.06. The van der Waals surface area contributed by atoms with E-state index in [9.17, 15) is 10.2 Å². The second kappa shape index (κ2) is 5.72. The second-order valence-corrected chi connectivity index (χ2v) is 5.30. The highest BCUT2D eigenvalue weighted by Crippen LogP contribution is 2.30. The highest BCUT2D eigenvalue weighted by atomic mass is 16.5. The maximum Gasteiger partial charge on any atom is 0.115 e. The van der Waals surface area contributed by atoms with Gasteiger partial charge in [-0.25, -0.2) is 0 Å². The van der Waals surface area contributed by atoms with Gasteiger partial charge in [-0.1, -0.05) is 25.5 Å². The van der Waals surface area contributed by atoms with Crippen molar-refractivity contribution in [1.82, 2.24) is 0 Å². The molecule has 1 heterocycles. The van der Waals surface area contributed by atoms with E-state index in [4.69, 9.17) is 4.74 Å². The first kappa shape index (κ1) is 13.4. The third-order valence-electron chi connectivity index (χ3n) is 3.61. The van der Waals surface area contributed by atoms with Crippen LogP contribution in [-0.2, 0) is 11.2 Å². The van der Waals surface area contributed by atoms with Crippen LogP contribution in [0, 0.1) is 0 Å². The van der Waals surface area contributed by atoms with Crippen molar-refractivity contribution in [3.05, 3.63) is 29.8 Å². The zero-order chi connectivity index (χ0) is 13.0. The molecule has 0 amide bonds. The Bertz CT molecular complexity index is 372. The molecule has 0 aliphatic carbocycles. The van der Waals surface area contributed by atoms with E-state index in [0.29, 0.717) is 25.9 Å². The Balaban J connectivity index is 1.99. The van der Waals surface area contributed by atoms with E-state index in [1.54, 1.807) is 12.1 Å². The topological polar surface area (TPSA) is 49.7 Å². The first-order valence-corrected chi connectivity index (χ1v) is 6.73. The van der Waals surface area contributed by atoms with Gasteiger partial charge in [0.25, 0.3) is 0 Å². The molecular formula is C15H22O3. The maximum atomic E-state index is 10.6. The quantitative estimate of drug-likeness (QED) is 0.863. The summed E-state index contributed by atoms with van der Waals surface area (Å²) >= 11 is 0. The van der Waals surface area contributed by atoms with Gasteiger partial charge in [0.2, 0.25) is 0 Å². The Morgan fingerprint density at radius 2 is 2.06 bits per heavy atom. The van der Waals surface area contributed by atoms with Crippen molar-refractivity contribution < 1.29 is 14.9 Å². The van der Waals surface area contributed by atoms with Crippen LogP contribution in [0.5, 0.6) is 5.75 Å². The summed E-state index contributed by atoms with van der Waals surface area (Å²) in [7, 11) is 0. The Kier molecular flexibility index (Phi) is 4.25. The molecule has 3 nitrogen and oxygen atoms in total. The summed E-state index contributed by atoms with van der Waals surface area (Å²) in [5.74, 6) is 0.265. The number of hydrogen-bond donors (Lipinski definition) is 2. The van der Waals surface area contributed by atoms with Crippen LogP contribution >= 0.6 is 0 Å². The zero-order valence-corrected chi connectivity index (χ0v) is 10.9. The van der Waals surface area contributed by atoms with E-state index < -0.39 is 5.60 Å². The van der Waals surface area contributed by atoms with E-state index in [1.807, 2.05) is 12.1 Å². The molecule has 2 unspecified atom stereocenters. The monoisotopic (exact) mass is 250 g/mol. The Labute approximate surface area is 108 Å². The molecule has 1 saturated heterocycles. The van der Waals surface area contributed by atoms with Gasteiger partial charge in [-0.2, -0.15) is 0 Å². The number of phenols is 1. The molecule has 1 fully saturated rings. The summed E-state index contributed by atoms with van der Waals surface area (Å²) in [6.07, 6.45) is 4.32. The van der Waals surface area contributed by atoms with Gasteiger partial charge in [0.05, 0.1) is 11.7 Å². The molecule has 0 aromatic heterocycles. The van der Waals surface area contributed by atoms with Crippen molar-refractivity contribution in [2.45, 2.75) is 50.7 Å². The number of phenolic OH excluding ortho intramolecular Hbond substituents is 1. The highest BCUT2D eigenvalue weighted by molar-refractivity contribution is 5.27. The molecule has 0 bridgehead atoms. The van der Waals surface area contributed by atoms with Crippen LogP contribution in [0.25, 0.3) is 0 Å². The average molecular weight is 250 g/mol.